The maximum absolute atomic E-state index is 11.4. The second kappa shape index (κ2) is 6.27. The first-order valence-electron chi connectivity index (χ1n) is 7.62. The highest BCUT2D eigenvalue weighted by molar-refractivity contribution is 5.82. The van der Waals surface area contributed by atoms with Crippen LogP contribution in [0, 0.1) is 5.92 Å². The van der Waals surface area contributed by atoms with E-state index in [0.717, 1.165) is 37.7 Å². The van der Waals surface area contributed by atoms with Crippen molar-refractivity contribution in [1.82, 2.24) is 10.6 Å². The largest absolute Gasteiger partial charge is 0.360 e. The Morgan fingerprint density at radius 3 is 2.75 bits per heavy atom. The molecule has 1 aromatic carbocycles. The van der Waals surface area contributed by atoms with Gasteiger partial charge in [0.1, 0.15) is 0 Å². The summed E-state index contributed by atoms with van der Waals surface area (Å²) in [6.45, 7) is 4.44. The SMILES string of the molecule is O=C1CN(c2ccc(CC3CCCNC3)cc2)CCN1. The van der Waals surface area contributed by atoms with Gasteiger partial charge >= 0.3 is 0 Å². The average Bonchev–Trinajstić information content (AvgIpc) is 2.49. The van der Waals surface area contributed by atoms with Crippen molar-refractivity contribution in [2.75, 3.05) is 37.6 Å². The van der Waals surface area contributed by atoms with Crippen molar-refractivity contribution in [3.05, 3.63) is 29.8 Å². The Hall–Kier alpha value is -1.55. The number of anilines is 1. The van der Waals surface area contributed by atoms with Crippen molar-refractivity contribution < 1.29 is 4.79 Å². The van der Waals surface area contributed by atoms with Gasteiger partial charge in [0, 0.05) is 18.8 Å². The van der Waals surface area contributed by atoms with Gasteiger partial charge in [-0.1, -0.05) is 12.1 Å². The standard InChI is InChI=1S/C16H23N3O/c20-16-12-19(9-8-18-16)15-5-3-13(4-6-15)10-14-2-1-7-17-11-14/h3-6,14,17H,1-2,7-12H2,(H,18,20). The van der Waals surface area contributed by atoms with Gasteiger partial charge in [-0.2, -0.15) is 0 Å². The fourth-order valence-corrected chi connectivity index (χ4v) is 3.13. The van der Waals surface area contributed by atoms with Crippen LogP contribution < -0.4 is 15.5 Å². The highest BCUT2D eigenvalue weighted by Gasteiger charge is 2.17. The quantitative estimate of drug-likeness (QED) is 0.869. The minimum atomic E-state index is 0.119. The van der Waals surface area contributed by atoms with E-state index in [1.165, 1.54) is 24.9 Å². The summed E-state index contributed by atoms with van der Waals surface area (Å²) in [4.78, 5) is 13.6. The molecule has 0 radical (unpaired) electrons. The number of benzene rings is 1. The number of piperidine rings is 1. The van der Waals surface area contributed by atoms with Gasteiger partial charge in [0.25, 0.3) is 0 Å². The van der Waals surface area contributed by atoms with Crippen LogP contribution in [0.25, 0.3) is 0 Å². The summed E-state index contributed by atoms with van der Waals surface area (Å²) in [5.74, 6) is 0.893. The molecule has 2 N–H and O–H groups in total. The van der Waals surface area contributed by atoms with Gasteiger partial charge in [-0.15, -0.1) is 0 Å². The lowest BCUT2D eigenvalue weighted by Crippen LogP contribution is -2.47. The summed E-state index contributed by atoms with van der Waals surface area (Å²) in [5, 5.41) is 6.33. The number of carbonyl (C=O) groups excluding carboxylic acids is 1. The Morgan fingerprint density at radius 1 is 1.20 bits per heavy atom. The first-order valence-corrected chi connectivity index (χ1v) is 7.62. The van der Waals surface area contributed by atoms with E-state index >= 15 is 0 Å². The predicted octanol–water partition coefficient (Wildman–Crippen LogP) is 1.16. The molecule has 20 heavy (non-hydrogen) atoms. The summed E-state index contributed by atoms with van der Waals surface area (Å²) < 4.78 is 0. The lowest BCUT2D eigenvalue weighted by molar-refractivity contribution is -0.120. The molecule has 4 heteroatoms. The molecule has 4 nitrogen and oxygen atoms in total. The molecule has 0 bridgehead atoms. The number of amides is 1. The topological polar surface area (TPSA) is 44.4 Å². The molecule has 0 aromatic heterocycles. The third-order valence-corrected chi connectivity index (χ3v) is 4.26. The van der Waals surface area contributed by atoms with Crippen molar-refractivity contribution in [3.8, 4) is 0 Å². The maximum Gasteiger partial charge on any atom is 0.239 e. The van der Waals surface area contributed by atoms with Crippen molar-refractivity contribution in [3.63, 3.8) is 0 Å². The van der Waals surface area contributed by atoms with Gasteiger partial charge in [-0.05, 0) is 56.0 Å². The fraction of sp³-hybridized carbons (Fsp3) is 0.562. The molecule has 1 atom stereocenters. The van der Waals surface area contributed by atoms with E-state index in [2.05, 4.69) is 39.8 Å². The smallest absolute Gasteiger partial charge is 0.239 e. The van der Waals surface area contributed by atoms with E-state index in [-0.39, 0.29) is 5.91 Å². The van der Waals surface area contributed by atoms with Gasteiger partial charge in [-0.3, -0.25) is 4.79 Å². The summed E-state index contributed by atoms with van der Waals surface area (Å²) in [7, 11) is 0. The molecule has 2 aliphatic rings. The molecule has 2 heterocycles. The van der Waals surface area contributed by atoms with Crippen molar-refractivity contribution in [2.24, 2.45) is 5.92 Å². The number of nitrogens with zero attached hydrogens (tertiary/aromatic N) is 1. The lowest BCUT2D eigenvalue weighted by atomic mass is 9.92. The number of carbonyl (C=O) groups is 1. The summed E-state index contributed by atoms with van der Waals surface area (Å²) in [6.07, 6.45) is 3.79. The third-order valence-electron chi connectivity index (χ3n) is 4.26. The normalized spacial score (nSPS) is 23.5. The van der Waals surface area contributed by atoms with E-state index < -0.39 is 0 Å². The second-order valence-corrected chi connectivity index (χ2v) is 5.85. The average molecular weight is 273 g/mol. The zero-order valence-corrected chi connectivity index (χ0v) is 11.9. The Kier molecular flexibility index (Phi) is 4.21. The van der Waals surface area contributed by atoms with Crippen LogP contribution in [0.15, 0.2) is 24.3 Å². The molecular formula is C16H23N3O. The number of nitrogens with one attached hydrogen (secondary N) is 2. The molecular weight excluding hydrogens is 250 g/mol. The molecule has 2 fully saturated rings. The number of hydrogen-bond acceptors (Lipinski definition) is 3. The van der Waals surface area contributed by atoms with Gasteiger partial charge < -0.3 is 15.5 Å². The molecule has 2 saturated heterocycles. The zero-order valence-electron chi connectivity index (χ0n) is 11.9. The zero-order chi connectivity index (χ0) is 13.8. The molecule has 0 spiro atoms. The van der Waals surface area contributed by atoms with E-state index in [4.69, 9.17) is 0 Å². The molecule has 1 aromatic rings. The van der Waals surface area contributed by atoms with E-state index in [9.17, 15) is 4.79 Å². The summed E-state index contributed by atoms with van der Waals surface area (Å²) >= 11 is 0. The molecule has 1 amide bonds. The van der Waals surface area contributed by atoms with E-state index in [1.807, 2.05) is 0 Å². The maximum atomic E-state index is 11.4. The second-order valence-electron chi connectivity index (χ2n) is 5.85. The number of rotatable bonds is 3. The minimum Gasteiger partial charge on any atom is -0.360 e. The van der Waals surface area contributed by atoms with Crippen LogP contribution >= 0.6 is 0 Å². The Bertz CT molecular complexity index is 451. The van der Waals surface area contributed by atoms with Crippen LogP contribution in [0.1, 0.15) is 18.4 Å². The highest BCUT2D eigenvalue weighted by atomic mass is 16.2. The highest BCUT2D eigenvalue weighted by Crippen LogP contribution is 2.20. The number of hydrogen-bond donors (Lipinski definition) is 2. The third kappa shape index (κ3) is 3.31. The monoisotopic (exact) mass is 273 g/mol. The lowest BCUT2D eigenvalue weighted by Gasteiger charge is -2.29. The van der Waals surface area contributed by atoms with Gasteiger partial charge in [0.15, 0.2) is 0 Å². The molecule has 3 rings (SSSR count). The van der Waals surface area contributed by atoms with Crippen LogP contribution in [0.2, 0.25) is 0 Å². The summed E-state index contributed by atoms with van der Waals surface area (Å²) in [5.41, 5.74) is 2.56. The Balaban J connectivity index is 1.60. The Labute approximate surface area is 120 Å². The molecule has 0 saturated carbocycles. The van der Waals surface area contributed by atoms with Crippen molar-refractivity contribution in [1.29, 1.82) is 0 Å². The number of piperazine rings is 1. The van der Waals surface area contributed by atoms with Crippen LogP contribution in [0.3, 0.4) is 0 Å². The van der Waals surface area contributed by atoms with Crippen molar-refractivity contribution in [2.45, 2.75) is 19.3 Å². The predicted molar refractivity (Wildman–Crippen MR) is 81.0 cm³/mol. The van der Waals surface area contributed by atoms with Gasteiger partial charge in [-0.25, -0.2) is 0 Å². The van der Waals surface area contributed by atoms with Crippen LogP contribution in [-0.4, -0.2) is 38.6 Å². The first kappa shape index (κ1) is 13.4. The molecule has 0 aliphatic carbocycles. The molecule has 108 valence electrons. The summed E-state index contributed by atoms with van der Waals surface area (Å²) in [6, 6.07) is 8.75. The van der Waals surface area contributed by atoms with Crippen molar-refractivity contribution >= 4 is 11.6 Å². The van der Waals surface area contributed by atoms with Gasteiger partial charge in [0.2, 0.25) is 5.91 Å². The fourth-order valence-electron chi connectivity index (χ4n) is 3.13. The Morgan fingerprint density at radius 2 is 2.05 bits per heavy atom. The van der Waals surface area contributed by atoms with Crippen LogP contribution in [0.4, 0.5) is 5.69 Å². The molecule has 1 unspecified atom stereocenters. The van der Waals surface area contributed by atoms with Gasteiger partial charge in [0.05, 0.1) is 6.54 Å². The van der Waals surface area contributed by atoms with E-state index in [0.29, 0.717) is 6.54 Å². The molecule has 2 aliphatic heterocycles. The minimum absolute atomic E-state index is 0.119. The first-order chi connectivity index (χ1) is 9.81. The van der Waals surface area contributed by atoms with E-state index in [1.54, 1.807) is 0 Å². The van der Waals surface area contributed by atoms with Crippen LogP contribution in [0.5, 0.6) is 0 Å². The van der Waals surface area contributed by atoms with Crippen LogP contribution in [-0.2, 0) is 11.2 Å².